The summed E-state index contributed by atoms with van der Waals surface area (Å²) in [6.45, 7) is 6.26. The molecule has 1 saturated carbocycles. The first kappa shape index (κ1) is 14.5. The van der Waals surface area contributed by atoms with Gasteiger partial charge in [-0.2, -0.15) is 0 Å². The van der Waals surface area contributed by atoms with Crippen LogP contribution in [-0.2, 0) is 4.74 Å². The Balaban J connectivity index is 1.88. The summed E-state index contributed by atoms with van der Waals surface area (Å²) in [5.74, 6) is 0. The lowest BCUT2D eigenvalue weighted by molar-refractivity contribution is -0.0757. The van der Waals surface area contributed by atoms with Gasteiger partial charge in [0.05, 0.1) is 18.8 Å². The predicted molar refractivity (Wildman–Crippen MR) is 84.1 cm³/mol. The average Bonchev–Trinajstić information content (AvgIpc) is 3.08. The van der Waals surface area contributed by atoms with Crippen LogP contribution in [0.1, 0.15) is 48.4 Å². The van der Waals surface area contributed by atoms with E-state index in [0.717, 1.165) is 19.6 Å². The van der Waals surface area contributed by atoms with Gasteiger partial charge in [-0.3, -0.25) is 4.90 Å². The van der Waals surface area contributed by atoms with Crippen molar-refractivity contribution in [3.05, 3.63) is 21.9 Å². The fourth-order valence-electron chi connectivity index (χ4n) is 3.76. The van der Waals surface area contributed by atoms with E-state index >= 15 is 0 Å². The van der Waals surface area contributed by atoms with Gasteiger partial charge in [-0.05, 0) is 44.7 Å². The number of nitrogens with two attached hydrogens (primary N) is 1. The van der Waals surface area contributed by atoms with Crippen molar-refractivity contribution in [3.8, 4) is 0 Å². The molecule has 0 amide bonds. The molecule has 2 heterocycles. The van der Waals surface area contributed by atoms with Gasteiger partial charge in [0.25, 0.3) is 0 Å². The van der Waals surface area contributed by atoms with E-state index in [4.69, 9.17) is 10.5 Å². The molecule has 1 aromatic rings. The quantitative estimate of drug-likeness (QED) is 0.927. The van der Waals surface area contributed by atoms with Gasteiger partial charge in [0.1, 0.15) is 0 Å². The number of hydrogen-bond acceptors (Lipinski definition) is 4. The lowest BCUT2D eigenvalue weighted by Gasteiger charge is -2.44. The van der Waals surface area contributed by atoms with Gasteiger partial charge in [0.2, 0.25) is 0 Å². The van der Waals surface area contributed by atoms with E-state index in [1.165, 1.54) is 29.0 Å². The second-order valence-corrected chi connectivity index (χ2v) is 7.43. The number of fused-ring (bicyclic) bond motifs is 1. The third-order valence-corrected chi connectivity index (χ3v) is 5.88. The first-order chi connectivity index (χ1) is 9.70. The molecule has 112 valence electrons. The minimum atomic E-state index is 0.215. The molecule has 3 rings (SSSR count). The number of nitrogens with zero attached hydrogens (tertiary/aromatic N) is 1. The molecule has 1 aromatic heterocycles. The van der Waals surface area contributed by atoms with Crippen LogP contribution in [0.2, 0.25) is 0 Å². The summed E-state index contributed by atoms with van der Waals surface area (Å²) >= 11 is 1.90. The smallest absolute Gasteiger partial charge is 0.0731 e. The van der Waals surface area contributed by atoms with Crippen molar-refractivity contribution in [1.82, 2.24) is 4.90 Å². The Morgan fingerprint density at radius 2 is 2.30 bits per heavy atom. The average molecular weight is 294 g/mol. The van der Waals surface area contributed by atoms with Crippen molar-refractivity contribution < 1.29 is 4.74 Å². The van der Waals surface area contributed by atoms with Crippen molar-refractivity contribution in [2.45, 2.75) is 63.8 Å². The second-order valence-electron chi connectivity index (χ2n) is 6.11. The maximum absolute atomic E-state index is 6.50. The van der Waals surface area contributed by atoms with Crippen LogP contribution in [0.15, 0.2) is 12.1 Å². The van der Waals surface area contributed by atoms with Crippen molar-refractivity contribution in [2.75, 3.05) is 13.2 Å². The third kappa shape index (κ3) is 2.67. The van der Waals surface area contributed by atoms with Crippen LogP contribution in [0, 0.1) is 6.92 Å². The van der Waals surface area contributed by atoms with Crippen LogP contribution >= 0.6 is 11.3 Å². The highest BCUT2D eigenvalue weighted by Crippen LogP contribution is 2.38. The Labute approximate surface area is 126 Å². The van der Waals surface area contributed by atoms with Crippen LogP contribution in [0.4, 0.5) is 0 Å². The molecule has 0 aromatic carbocycles. The van der Waals surface area contributed by atoms with Gasteiger partial charge in [-0.1, -0.05) is 6.92 Å². The fraction of sp³-hybridized carbons (Fsp3) is 0.750. The monoisotopic (exact) mass is 294 g/mol. The number of ether oxygens (including phenoxy) is 1. The van der Waals surface area contributed by atoms with E-state index in [-0.39, 0.29) is 6.04 Å². The maximum Gasteiger partial charge on any atom is 0.0731 e. The van der Waals surface area contributed by atoms with Gasteiger partial charge < -0.3 is 10.5 Å². The summed E-state index contributed by atoms with van der Waals surface area (Å²) in [5.41, 5.74) is 6.50. The zero-order valence-electron chi connectivity index (χ0n) is 12.5. The second kappa shape index (κ2) is 6.14. The van der Waals surface area contributed by atoms with Crippen molar-refractivity contribution in [2.24, 2.45) is 5.73 Å². The Kier molecular flexibility index (Phi) is 4.46. The van der Waals surface area contributed by atoms with Crippen LogP contribution in [-0.4, -0.2) is 36.2 Å². The third-order valence-electron chi connectivity index (χ3n) is 4.81. The maximum atomic E-state index is 6.50. The summed E-state index contributed by atoms with van der Waals surface area (Å²) in [6.07, 6.45) is 5.25. The highest BCUT2D eigenvalue weighted by molar-refractivity contribution is 7.12. The number of hydrogen-bond donors (Lipinski definition) is 1. The molecule has 4 atom stereocenters. The van der Waals surface area contributed by atoms with E-state index in [1.54, 1.807) is 0 Å². The molecule has 4 unspecified atom stereocenters. The van der Waals surface area contributed by atoms with Crippen LogP contribution in [0.25, 0.3) is 0 Å². The van der Waals surface area contributed by atoms with Crippen molar-refractivity contribution >= 4 is 11.3 Å². The lowest BCUT2D eigenvalue weighted by atomic mass is 9.98. The Bertz CT molecular complexity index is 447. The lowest BCUT2D eigenvalue weighted by Crippen LogP contribution is -2.53. The van der Waals surface area contributed by atoms with Crippen LogP contribution < -0.4 is 5.73 Å². The van der Waals surface area contributed by atoms with Gasteiger partial charge in [-0.15, -0.1) is 11.3 Å². The number of aryl methyl sites for hydroxylation is 1. The number of morpholine rings is 1. The first-order valence-corrected chi connectivity index (χ1v) is 8.71. The Hall–Kier alpha value is -0.420. The molecule has 1 saturated heterocycles. The molecule has 2 fully saturated rings. The normalized spacial score (nSPS) is 30.1. The standard InChI is InChI=1S/C16H26N2OS/c1-3-12(17)16(15-8-7-11(2)20-15)18-9-10-19-14-6-4-5-13(14)18/h7-8,12-14,16H,3-6,9-10,17H2,1-2H3. The fourth-order valence-corrected chi connectivity index (χ4v) is 4.83. The minimum Gasteiger partial charge on any atom is -0.375 e. The Morgan fingerprint density at radius 1 is 1.45 bits per heavy atom. The largest absolute Gasteiger partial charge is 0.375 e. The van der Waals surface area contributed by atoms with Gasteiger partial charge in [0, 0.05) is 28.4 Å². The zero-order valence-corrected chi connectivity index (χ0v) is 13.4. The van der Waals surface area contributed by atoms with Gasteiger partial charge >= 0.3 is 0 Å². The van der Waals surface area contributed by atoms with E-state index in [1.807, 2.05) is 11.3 Å². The van der Waals surface area contributed by atoms with Crippen LogP contribution in [0.5, 0.6) is 0 Å². The molecule has 0 radical (unpaired) electrons. The molecule has 20 heavy (non-hydrogen) atoms. The summed E-state index contributed by atoms with van der Waals surface area (Å²) < 4.78 is 5.96. The molecule has 0 spiro atoms. The minimum absolute atomic E-state index is 0.215. The number of thiophene rings is 1. The molecule has 2 N–H and O–H groups in total. The predicted octanol–water partition coefficient (Wildman–Crippen LogP) is 3.09. The Morgan fingerprint density at radius 3 is 3.00 bits per heavy atom. The molecule has 4 heteroatoms. The number of rotatable bonds is 4. The van der Waals surface area contributed by atoms with E-state index in [2.05, 4.69) is 30.9 Å². The molecular formula is C16H26N2OS. The summed E-state index contributed by atoms with van der Waals surface area (Å²) in [4.78, 5) is 5.47. The molecule has 1 aliphatic carbocycles. The highest BCUT2D eigenvalue weighted by atomic mass is 32.1. The van der Waals surface area contributed by atoms with Gasteiger partial charge in [0.15, 0.2) is 0 Å². The highest BCUT2D eigenvalue weighted by Gasteiger charge is 2.41. The van der Waals surface area contributed by atoms with Crippen molar-refractivity contribution in [1.29, 1.82) is 0 Å². The van der Waals surface area contributed by atoms with E-state index < -0.39 is 0 Å². The van der Waals surface area contributed by atoms with Crippen LogP contribution in [0.3, 0.4) is 0 Å². The van der Waals surface area contributed by atoms with Gasteiger partial charge in [-0.25, -0.2) is 0 Å². The molecule has 0 bridgehead atoms. The first-order valence-electron chi connectivity index (χ1n) is 7.90. The summed E-state index contributed by atoms with van der Waals surface area (Å²) in [5, 5.41) is 0. The van der Waals surface area contributed by atoms with E-state index in [0.29, 0.717) is 18.2 Å². The molecular weight excluding hydrogens is 268 g/mol. The summed E-state index contributed by atoms with van der Waals surface area (Å²) in [7, 11) is 0. The topological polar surface area (TPSA) is 38.5 Å². The molecule has 1 aliphatic heterocycles. The SMILES string of the molecule is CCC(N)C(c1ccc(C)s1)N1CCOC2CCCC21. The molecule has 2 aliphatic rings. The zero-order chi connectivity index (χ0) is 14.1. The van der Waals surface area contributed by atoms with E-state index in [9.17, 15) is 0 Å². The molecule has 3 nitrogen and oxygen atoms in total. The van der Waals surface area contributed by atoms with Crippen molar-refractivity contribution in [3.63, 3.8) is 0 Å². The summed E-state index contributed by atoms with van der Waals surface area (Å²) in [6, 6.07) is 5.66.